The Morgan fingerprint density at radius 3 is 2.28 bits per heavy atom. The molecule has 0 atom stereocenters. The molecule has 3 rings (SSSR count). The Morgan fingerprint density at radius 1 is 1.07 bits per heavy atom. The van der Waals surface area contributed by atoms with Crippen LogP contribution < -0.4 is 5.32 Å². The van der Waals surface area contributed by atoms with Crippen LogP contribution in [0.3, 0.4) is 0 Å². The topological polar surface area (TPSA) is 89.3 Å². The molecule has 0 saturated carbocycles. The van der Waals surface area contributed by atoms with Crippen LogP contribution >= 0.6 is 0 Å². The summed E-state index contributed by atoms with van der Waals surface area (Å²) in [6.07, 6.45) is 0. The molecule has 0 unspecified atom stereocenters. The fraction of sp³-hybridized carbons (Fsp3) is 0.158. The van der Waals surface area contributed by atoms with Crippen LogP contribution in [0.1, 0.15) is 21.8 Å². The van der Waals surface area contributed by atoms with Crippen molar-refractivity contribution in [3.8, 4) is 11.5 Å². The normalized spacial score (nSPS) is 12.0. The van der Waals surface area contributed by atoms with Gasteiger partial charge in [-0.05, 0) is 56.3 Å². The smallest absolute Gasteiger partial charge is 0.441 e. The van der Waals surface area contributed by atoms with Gasteiger partial charge in [-0.1, -0.05) is 6.07 Å². The molecule has 3 aromatic rings. The van der Waals surface area contributed by atoms with Crippen molar-refractivity contribution in [1.82, 2.24) is 4.98 Å². The Hall–Kier alpha value is -3.14. The van der Waals surface area contributed by atoms with E-state index in [2.05, 4.69) is 10.3 Å². The average Bonchev–Trinajstić information content (AvgIpc) is 3.00. The Morgan fingerprint density at radius 2 is 1.72 bits per heavy atom. The van der Waals surface area contributed by atoms with Crippen molar-refractivity contribution in [2.45, 2.75) is 24.3 Å². The van der Waals surface area contributed by atoms with E-state index in [1.807, 2.05) is 0 Å². The summed E-state index contributed by atoms with van der Waals surface area (Å²) < 4.78 is 66.1. The summed E-state index contributed by atoms with van der Waals surface area (Å²) in [5, 5.41) is 2.60. The molecular formula is C19H15F3N2O4S. The molecule has 6 nitrogen and oxygen atoms in total. The van der Waals surface area contributed by atoms with Crippen molar-refractivity contribution in [2.24, 2.45) is 0 Å². The first-order valence-electron chi connectivity index (χ1n) is 8.26. The third-order valence-corrected chi connectivity index (χ3v) is 5.63. The standard InChI is InChI=1S/C19H15F3N2O4S/c1-11-12(2)28-18(23-11)14-4-3-5-15(10-14)24-17(25)13-6-8-16(9-7-13)29(26,27)19(20,21)22/h3-10H,1-2H3,(H,24,25). The molecular weight excluding hydrogens is 409 g/mol. The quantitative estimate of drug-likeness (QED) is 0.666. The van der Waals surface area contributed by atoms with E-state index in [-0.39, 0.29) is 5.56 Å². The lowest BCUT2D eigenvalue weighted by Crippen LogP contribution is -2.23. The second-order valence-electron chi connectivity index (χ2n) is 6.17. The maximum Gasteiger partial charge on any atom is 0.501 e. The zero-order valence-electron chi connectivity index (χ0n) is 15.2. The number of carbonyl (C=O) groups is 1. The second kappa shape index (κ2) is 7.36. The molecule has 0 aliphatic carbocycles. The van der Waals surface area contributed by atoms with Gasteiger partial charge >= 0.3 is 5.51 Å². The van der Waals surface area contributed by atoms with Crippen LogP contribution in [-0.4, -0.2) is 24.8 Å². The highest BCUT2D eigenvalue weighted by Crippen LogP contribution is 2.30. The summed E-state index contributed by atoms with van der Waals surface area (Å²) in [6.45, 7) is 3.58. The second-order valence-corrected chi connectivity index (χ2v) is 8.11. The summed E-state index contributed by atoms with van der Waals surface area (Å²) in [7, 11) is -5.46. The molecule has 0 radical (unpaired) electrons. The fourth-order valence-corrected chi connectivity index (χ4v) is 3.21. The summed E-state index contributed by atoms with van der Waals surface area (Å²) in [5.74, 6) is 0.444. The molecule has 1 amide bonds. The predicted octanol–water partition coefficient (Wildman–Crippen LogP) is 4.50. The van der Waals surface area contributed by atoms with Crippen molar-refractivity contribution in [3.63, 3.8) is 0 Å². The Kier molecular flexibility index (Phi) is 5.22. The van der Waals surface area contributed by atoms with Gasteiger partial charge in [-0.2, -0.15) is 13.2 Å². The number of amides is 1. The molecule has 2 aromatic carbocycles. The van der Waals surface area contributed by atoms with Gasteiger partial charge in [-0.25, -0.2) is 13.4 Å². The van der Waals surface area contributed by atoms with E-state index in [1.54, 1.807) is 38.1 Å². The van der Waals surface area contributed by atoms with Gasteiger partial charge in [-0.15, -0.1) is 0 Å². The number of hydrogen-bond donors (Lipinski definition) is 1. The Labute approximate surface area is 164 Å². The molecule has 0 bridgehead atoms. The minimum atomic E-state index is -5.46. The van der Waals surface area contributed by atoms with E-state index >= 15 is 0 Å². The molecule has 0 saturated heterocycles. The van der Waals surface area contributed by atoms with Gasteiger partial charge in [-0.3, -0.25) is 4.79 Å². The average molecular weight is 424 g/mol. The van der Waals surface area contributed by atoms with Gasteiger partial charge in [0.2, 0.25) is 5.89 Å². The van der Waals surface area contributed by atoms with Crippen LogP contribution in [0.4, 0.5) is 18.9 Å². The number of carbonyl (C=O) groups excluding carboxylic acids is 1. The van der Waals surface area contributed by atoms with Crippen LogP contribution in [0.15, 0.2) is 57.8 Å². The minimum Gasteiger partial charge on any atom is -0.441 e. The first-order valence-corrected chi connectivity index (χ1v) is 9.74. The van der Waals surface area contributed by atoms with E-state index in [0.29, 0.717) is 22.9 Å². The third kappa shape index (κ3) is 4.16. The SMILES string of the molecule is Cc1nc(-c2cccc(NC(=O)c3ccc(S(=O)(=O)C(F)(F)F)cc3)c2)oc1C. The lowest BCUT2D eigenvalue weighted by Gasteiger charge is -2.09. The first kappa shape index (κ1) is 20.6. The first-order chi connectivity index (χ1) is 13.5. The number of nitrogens with zero attached hydrogens (tertiary/aromatic N) is 1. The number of benzene rings is 2. The van der Waals surface area contributed by atoms with Crippen LogP contribution in [-0.2, 0) is 9.84 Å². The number of alkyl halides is 3. The molecule has 0 fully saturated rings. The predicted molar refractivity (Wildman–Crippen MR) is 99.0 cm³/mol. The van der Waals surface area contributed by atoms with Gasteiger partial charge in [0.25, 0.3) is 15.7 Å². The Bertz CT molecular complexity index is 1150. The number of aryl methyl sites for hydroxylation is 2. The highest BCUT2D eigenvalue weighted by molar-refractivity contribution is 7.92. The molecule has 0 aliphatic rings. The van der Waals surface area contributed by atoms with Gasteiger partial charge < -0.3 is 9.73 Å². The van der Waals surface area contributed by atoms with Crippen LogP contribution in [0.2, 0.25) is 0 Å². The number of aromatic nitrogens is 1. The number of nitrogens with one attached hydrogen (secondary N) is 1. The van der Waals surface area contributed by atoms with Crippen molar-refractivity contribution >= 4 is 21.4 Å². The molecule has 152 valence electrons. The number of anilines is 1. The molecule has 0 spiro atoms. The van der Waals surface area contributed by atoms with E-state index in [9.17, 15) is 26.4 Å². The van der Waals surface area contributed by atoms with E-state index in [1.165, 1.54) is 0 Å². The molecule has 1 N–H and O–H groups in total. The van der Waals surface area contributed by atoms with Crippen molar-refractivity contribution < 1.29 is 30.8 Å². The highest BCUT2D eigenvalue weighted by atomic mass is 32.2. The largest absolute Gasteiger partial charge is 0.501 e. The minimum absolute atomic E-state index is 0.000611. The third-order valence-electron chi connectivity index (χ3n) is 4.13. The highest BCUT2D eigenvalue weighted by Gasteiger charge is 2.46. The zero-order chi connectivity index (χ0) is 21.4. The fourth-order valence-electron chi connectivity index (χ4n) is 2.45. The van der Waals surface area contributed by atoms with Gasteiger partial charge in [0.05, 0.1) is 10.6 Å². The number of halogens is 3. The molecule has 0 aliphatic heterocycles. The summed E-state index contributed by atoms with van der Waals surface area (Å²) in [5.41, 5.74) is -3.63. The number of rotatable bonds is 4. The summed E-state index contributed by atoms with van der Waals surface area (Å²) in [6, 6.07) is 10.2. The number of hydrogen-bond acceptors (Lipinski definition) is 5. The van der Waals surface area contributed by atoms with E-state index in [0.717, 1.165) is 30.0 Å². The van der Waals surface area contributed by atoms with E-state index < -0.39 is 26.1 Å². The maximum atomic E-state index is 12.6. The van der Waals surface area contributed by atoms with Gasteiger partial charge in [0.15, 0.2) is 0 Å². The summed E-state index contributed by atoms with van der Waals surface area (Å²) >= 11 is 0. The monoisotopic (exact) mass is 424 g/mol. The van der Waals surface area contributed by atoms with Crippen LogP contribution in [0.25, 0.3) is 11.5 Å². The van der Waals surface area contributed by atoms with Gasteiger partial charge in [0.1, 0.15) is 5.76 Å². The zero-order valence-corrected chi connectivity index (χ0v) is 16.1. The van der Waals surface area contributed by atoms with Crippen LogP contribution in [0.5, 0.6) is 0 Å². The van der Waals surface area contributed by atoms with Gasteiger partial charge in [0, 0.05) is 16.8 Å². The van der Waals surface area contributed by atoms with E-state index in [4.69, 9.17) is 4.42 Å². The van der Waals surface area contributed by atoms with Crippen molar-refractivity contribution in [2.75, 3.05) is 5.32 Å². The molecule has 1 aromatic heterocycles. The summed E-state index contributed by atoms with van der Waals surface area (Å²) in [4.78, 5) is 15.7. The maximum absolute atomic E-state index is 12.6. The van der Waals surface area contributed by atoms with Crippen molar-refractivity contribution in [1.29, 1.82) is 0 Å². The van der Waals surface area contributed by atoms with Crippen molar-refractivity contribution in [3.05, 3.63) is 65.5 Å². The number of sulfone groups is 1. The molecule has 29 heavy (non-hydrogen) atoms. The Balaban J connectivity index is 1.80. The molecule has 1 heterocycles. The molecule has 10 heteroatoms. The number of oxazole rings is 1. The van der Waals surface area contributed by atoms with Crippen LogP contribution in [0, 0.1) is 13.8 Å². The lowest BCUT2D eigenvalue weighted by molar-refractivity contribution is -0.0436. The lowest BCUT2D eigenvalue weighted by atomic mass is 10.1.